The fourth-order valence-electron chi connectivity index (χ4n) is 1.40. The van der Waals surface area contributed by atoms with E-state index in [-0.39, 0.29) is 5.82 Å². The minimum absolute atomic E-state index is 0.229. The second-order valence-corrected chi connectivity index (χ2v) is 6.29. The van der Waals surface area contributed by atoms with Gasteiger partial charge in [0.1, 0.15) is 5.82 Å². The van der Waals surface area contributed by atoms with Crippen LogP contribution in [0.15, 0.2) is 18.3 Å². The highest BCUT2D eigenvalue weighted by Crippen LogP contribution is 2.25. The number of nitrogens with zero attached hydrogens (tertiary/aromatic N) is 1. The summed E-state index contributed by atoms with van der Waals surface area (Å²) in [6.07, 6.45) is 1.72. The predicted octanol–water partition coefficient (Wildman–Crippen LogP) is 4.46. The highest BCUT2D eigenvalue weighted by molar-refractivity contribution is 14.1. The molecule has 1 aromatic heterocycles. The summed E-state index contributed by atoms with van der Waals surface area (Å²) in [6, 6.07) is 3.02. The summed E-state index contributed by atoms with van der Waals surface area (Å²) in [7, 11) is 0. The van der Waals surface area contributed by atoms with Gasteiger partial charge in [0, 0.05) is 14.6 Å². The summed E-state index contributed by atoms with van der Waals surface area (Å²) in [5.74, 6) is -0.229. The first-order valence-corrected chi connectivity index (χ1v) is 7.13. The predicted molar refractivity (Wildman–Crippen MR) is 78.3 cm³/mol. The number of rotatable bonds is 3. The van der Waals surface area contributed by atoms with Gasteiger partial charge in [-0.2, -0.15) is 0 Å². The van der Waals surface area contributed by atoms with Gasteiger partial charge in [-0.1, -0.05) is 11.6 Å². The summed E-state index contributed by atoms with van der Waals surface area (Å²) in [5, 5.41) is 3.19. The molecule has 0 aliphatic carbocycles. The first-order chi connectivity index (χ1) is 8.06. The topological polar surface area (TPSA) is 24.9 Å². The lowest BCUT2D eigenvalue weighted by Crippen LogP contribution is -2.01. The van der Waals surface area contributed by atoms with Crippen LogP contribution in [0.3, 0.4) is 0 Å². The first kappa shape index (κ1) is 13.0. The molecule has 2 aromatic rings. The summed E-state index contributed by atoms with van der Waals surface area (Å²) >= 11 is 9.36. The number of halogens is 3. The summed E-state index contributed by atoms with van der Waals surface area (Å²) in [6.45, 7) is 2.49. The number of aromatic nitrogens is 1. The molecule has 90 valence electrons. The Hall–Kier alpha value is -0.400. The number of aryl methyl sites for hydroxylation is 1. The fraction of sp³-hybridized carbons (Fsp3) is 0.182. The molecule has 0 aliphatic rings. The van der Waals surface area contributed by atoms with Gasteiger partial charge in [0.05, 0.1) is 12.2 Å². The third-order valence-electron chi connectivity index (χ3n) is 2.20. The molecule has 0 aliphatic heterocycles. The molecule has 0 fully saturated rings. The normalized spacial score (nSPS) is 10.6. The van der Waals surface area contributed by atoms with Crippen molar-refractivity contribution in [3.63, 3.8) is 0 Å². The van der Waals surface area contributed by atoms with E-state index in [1.807, 2.05) is 6.92 Å². The lowest BCUT2D eigenvalue weighted by molar-refractivity contribution is 0.626. The Labute approximate surface area is 121 Å². The molecule has 17 heavy (non-hydrogen) atoms. The van der Waals surface area contributed by atoms with Gasteiger partial charge in [-0.25, -0.2) is 9.37 Å². The third kappa shape index (κ3) is 3.29. The molecule has 0 amide bonds. The maximum atomic E-state index is 13.3. The molecule has 0 saturated carbocycles. The van der Waals surface area contributed by atoms with E-state index in [4.69, 9.17) is 11.6 Å². The van der Waals surface area contributed by atoms with Crippen molar-refractivity contribution in [3.8, 4) is 0 Å². The van der Waals surface area contributed by atoms with Crippen LogP contribution < -0.4 is 5.32 Å². The van der Waals surface area contributed by atoms with E-state index in [9.17, 15) is 4.39 Å². The molecule has 0 unspecified atom stereocenters. The first-order valence-electron chi connectivity index (χ1n) is 4.86. The Balaban J connectivity index is 2.14. The Morgan fingerprint density at radius 3 is 2.94 bits per heavy atom. The molecule has 1 N–H and O–H groups in total. The van der Waals surface area contributed by atoms with Crippen molar-refractivity contribution in [2.24, 2.45) is 0 Å². The Morgan fingerprint density at radius 1 is 1.53 bits per heavy atom. The van der Waals surface area contributed by atoms with Crippen LogP contribution >= 0.6 is 45.5 Å². The average molecular weight is 383 g/mol. The zero-order valence-electron chi connectivity index (χ0n) is 8.93. The van der Waals surface area contributed by atoms with E-state index >= 15 is 0 Å². The number of hydrogen-bond donors (Lipinski definition) is 1. The van der Waals surface area contributed by atoms with Gasteiger partial charge in [0.2, 0.25) is 0 Å². The fourth-order valence-corrected chi connectivity index (χ4v) is 2.82. The molecular weight excluding hydrogens is 374 g/mol. The van der Waals surface area contributed by atoms with Crippen LogP contribution in [0.5, 0.6) is 0 Å². The molecular formula is C11H9ClFIN2S. The molecule has 2 nitrogen and oxygen atoms in total. The third-order valence-corrected chi connectivity index (χ3v) is 4.74. The van der Waals surface area contributed by atoms with Gasteiger partial charge in [-0.15, -0.1) is 11.3 Å². The summed E-state index contributed by atoms with van der Waals surface area (Å²) in [4.78, 5) is 4.98. The Morgan fingerprint density at radius 2 is 2.29 bits per heavy atom. The maximum Gasteiger partial charge on any atom is 0.183 e. The minimum Gasteiger partial charge on any atom is -0.379 e. The van der Waals surface area contributed by atoms with Gasteiger partial charge in [-0.05, 0) is 47.2 Å². The second-order valence-electron chi connectivity index (χ2n) is 3.52. The lowest BCUT2D eigenvalue weighted by Gasteiger charge is -2.09. The molecule has 0 radical (unpaired) electrons. The number of thiazole rings is 1. The number of hydrogen-bond acceptors (Lipinski definition) is 3. The minimum atomic E-state index is -0.229. The second kappa shape index (κ2) is 5.49. The Kier molecular flexibility index (Phi) is 4.22. The van der Waals surface area contributed by atoms with Gasteiger partial charge >= 0.3 is 0 Å². The van der Waals surface area contributed by atoms with Crippen molar-refractivity contribution in [2.75, 3.05) is 5.32 Å². The molecule has 2 rings (SSSR count). The van der Waals surface area contributed by atoms with Crippen molar-refractivity contribution in [1.82, 2.24) is 4.98 Å². The van der Waals surface area contributed by atoms with Gasteiger partial charge in [0.25, 0.3) is 0 Å². The lowest BCUT2D eigenvalue weighted by atomic mass is 10.2. The van der Waals surface area contributed by atoms with E-state index < -0.39 is 0 Å². The molecule has 6 heteroatoms. The molecule has 0 bridgehead atoms. The van der Waals surface area contributed by atoms with E-state index in [1.165, 1.54) is 23.5 Å². The van der Waals surface area contributed by atoms with Crippen LogP contribution in [-0.2, 0) is 6.54 Å². The zero-order chi connectivity index (χ0) is 12.4. The highest BCUT2D eigenvalue weighted by atomic mass is 127. The van der Waals surface area contributed by atoms with Gasteiger partial charge in [-0.3, -0.25) is 0 Å². The van der Waals surface area contributed by atoms with Crippen LogP contribution in [0.4, 0.5) is 10.1 Å². The van der Waals surface area contributed by atoms with Crippen LogP contribution in [-0.4, -0.2) is 4.98 Å². The Bertz CT molecular complexity index is 544. The highest BCUT2D eigenvalue weighted by Gasteiger charge is 2.06. The monoisotopic (exact) mass is 382 g/mol. The molecule has 1 aromatic carbocycles. The maximum absolute atomic E-state index is 13.3. The quantitative estimate of drug-likeness (QED) is 0.793. The summed E-state index contributed by atoms with van der Waals surface area (Å²) in [5.41, 5.74) is 1.73. The van der Waals surface area contributed by atoms with Crippen LogP contribution in [0.25, 0.3) is 0 Å². The van der Waals surface area contributed by atoms with Crippen molar-refractivity contribution in [2.45, 2.75) is 13.5 Å². The summed E-state index contributed by atoms with van der Waals surface area (Å²) < 4.78 is 14.8. The van der Waals surface area contributed by atoms with Crippen molar-refractivity contribution in [1.29, 1.82) is 0 Å². The van der Waals surface area contributed by atoms with E-state index in [1.54, 1.807) is 6.20 Å². The van der Waals surface area contributed by atoms with E-state index in [2.05, 4.69) is 32.9 Å². The zero-order valence-corrected chi connectivity index (χ0v) is 12.7. The van der Waals surface area contributed by atoms with Crippen molar-refractivity contribution >= 4 is 51.2 Å². The van der Waals surface area contributed by atoms with Crippen LogP contribution in [0, 0.1) is 16.3 Å². The van der Waals surface area contributed by atoms with E-state index in [0.717, 1.165) is 19.7 Å². The van der Waals surface area contributed by atoms with Crippen molar-refractivity contribution < 1.29 is 4.39 Å². The number of nitrogens with one attached hydrogen (secondary N) is 1. The molecule has 0 atom stereocenters. The molecule has 0 saturated heterocycles. The molecule has 0 spiro atoms. The average Bonchev–Trinajstić information content (AvgIpc) is 2.67. The van der Waals surface area contributed by atoms with Gasteiger partial charge in [0.15, 0.2) is 4.47 Å². The standard InChI is InChI=1S/C11H9ClFIN2S/c1-6-2-7(13)3-9(10(6)14)15-4-8-5-16-11(12)17-8/h2-3,5,15H,4H2,1H3. The van der Waals surface area contributed by atoms with Gasteiger partial charge < -0.3 is 5.32 Å². The number of benzene rings is 1. The van der Waals surface area contributed by atoms with Crippen LogP contribution in [0.2, 0.25) is 4.47 Å². The van der Waals surface area contributed by atoms with Crippen molar-refractivity contribution in [3.05, 3.63) is 42.6 Å². The number of anilines is 1. The van der Waals surface area contributed by atoms with Crippen LogP contribution in [0.1, 0.15) is 10.4 Å². The largest absolute Gasteiger partial charge is 0.379 e. The SMILES string of the molecule is Cc1cc(F)cc(NCc2cnc(Cl)s2)c1I. The molecule has 1 heterocycles. The van der Waals surface area contributed by atoms with E-state index in [0.29, 0.717) is 11.0 Å². The smallest absolute Gasteiger partial charge is 0.183 e.